The fourth-order valence-electron chi connectivity index (χ4n) is 4.26. The SMILES string of the molecule is CC[C@@H]1Oc2ccccc2N(CC(=O)NCCN2CCN(Cc3ccccc3)CC2)C1=O. The van der Waals surface area contributed by atoms with Gasteiger partial charge in [0.1, 0.15) is 12.3 Å². The van der Waals surface area contributed by atoms with Gasteiger partial charge < -0.3 is 10.1 Å². The molecule has 0 unspecified atom stereocenters. The third-order valence-corrected chi connectivity index (χ3v) is 6.10. The summed E-state index contributed by atoms with van der Waals surface area (Å²) >= 11 is 0. The van der Waals surface area contributed by atoms with Gasteiger partial charge in [0.15, 0.2) is 6.10 Å². The molecule has 0 aromatic heterocycles. The van der Waals surface area contributed by atoms with Crippen LogP contribution in [0.25, 0.3) is 0 Å². The minimum Gasteiger partial charge on any atom is -0.478 e. The van der Waals surface area contributed by atoms with E-state index in [4.69, 9.17) is 4.74 Å². The number of benzene rings is 2. The van der Waals surface area contributed by atoms with Gasteiger partial charge in [-0.15, -0.1) is 0 Å². The molecule has 170 valence electrons. The molecular formula is C25H32N4O3. The van der Waals surface area contributed by atoms with E-state index in [2.05, 4.69) is 39.4 Å². The molecule has 1 saturated heterocycles. The number of hydrogen-bond donors (Lipinski definition) is 1. The normalized spacial score (nSPS) is 19.3. The predicted octanol–water partition coefficient (Wildman–Crippen LogP) is 2.12. The molecule has 2 aromatic rings. The number of piperazine rings is 1. The molecule has 0 spiro atoms. The van der Waals surface area contributed by atoms with E-state index in [0.717, 1.165) is 39.3 Å². The molecule has 2 aliphatic rings. The number of nitrogens with zero attached hydrogens (tertiary/aromatic N) is 3. The molecule has 7 nitrogen and oxygen atoms in total. The third-order valence-electron chi connectivity index (χ3n) is 6.10. The van der Waals surface area contributed by atoms with E-state index in [1.54, 1.807) is 4.90 Å². The molecule has 0 aliphatic carbocycles. The van der Waals surface area contributed by atoms with Gasteiger partial charge in [0.25, 0.3) is 5.91 Å². The zero-order valence-corrected chi connectivity index (χ0v) is 18.7. The predicted molar refractivity (Wildman–Crippen MR) is 125 cm³/mol. The molecule has 7 heteroatoms. The average Bonchev–Trinajstić information content (AvgIpc) is 2.82. The number of para-hydroxylation sites is 2. The second-order valence-electron chi connectivity index (χ2n) is 8.36. The highest BCUT2D eigenvalue weighted by Crippen LogP contribution is 2.34. The van der Waals surface area contributed by atoms with E-state index in [9.17, 15) is 9.59 Å². The molecule has 0 bridgehead atoms. The number of rotatable bonds is 8. The maximum Gasteiger partial charge on any atom is 0.268 e. The Hall–Kier alpha value is -2.90. The summed E-state index contributed by atoms with van der Waals surface area (Å²) in [6, 6.07) is 17.9. The summed E-state index contributed by atoms with van der Waals surface area (Å²) in [5.74, 6) is 0.351. The minimum absolute atomic E-state index is 0.0144. The van der Waals surface area contributed by atoms with Crippen LogP contribution in [0.1, 0.15) is 18.9 Å². The molecule has 2 heterocycles. The lowest BCUT2D eigenvalue weighted by Gasteiger charge is -2.35. The fraction of sp³-hybridized carbons (Fsp3) is 0.440. The standard InChI is InChI=1S/C25H32N4O3/c1-2-22-25(31)29(21-10-6-7-11-23(21)32-22)19-24(30)26-12-13-27-14-16-28(17-15-27)18-20-8-4-3-5-9-20/h3-11,22H,2,12-19H2,1H3,(H,26,30)/t22-/m0/s1. The van der Waals surface area contributed by atoms with E-state index in [1.165, 1.54) is 5.56 Å². The van der Waals surface area contributed by atoms with E-state index in [1.807, 2.05) is 37.3 Å². The maximum atomic E-state index is 12.7. The van der Waals surface area contributed by atoms with Gasteiger partial charge in [-0.25, -0.2) is 0 Å². The Morgan fingerprint density at radius 2 is 1.69 bits per heavy atom. The lowest BCUT2D eigenvalue weighted by molar-refractivity contribution is -0.129. The molecule has 32 heavy (non-hydrogen) atoms. The van der Waals surface area contributed by atoms with Crippen LogP contribution in [0.5, 0.6) is 5.75 Å². The molecule has 2 aromatic carbocycles. The smallest absolute Gasteiger partial charge is 0.268 e. The van der Waals surface area contributed by atoms with Gasteiger partial charge >= 0.3 is 0 Å². The first-order chi connectivity index (χ1) is 15.6. The highest BCUT2D eigenvalue weighted by molar-refractivity contribution is 6.03. The van der Waals surface area contributed by atoms with Crippen LogP contribution in [-0.4, -0.2) is 73.5 Å². The summed E-state index contributed by atoms with van der Waals surface area (Å²) in [5.41, 5.74) is 2.00. The van der Waals surface area contributed by atoms with Crippen molar-refractivity contribution in [1.82, 2.24) is 15.1 Å². The second-order valence-corrected chi connectivity index (χ2v) is 8.36. The number of anilines is 1. The third kappa shape index (κ3) is 5.47. The van der Waals surface area contributed by atoms with Crippen LogP contribution in [0.2, 0.25) is 0 Å². The molecule has 4 rings (SSSR count). The van der Waals surface area contributed by atoms with E-state index < -0.39 is 6.10 Å². The highest BCUT2D eigenvalue weighted by Gasteiger charge is 2.34. The Bertz CT molecular complexity index is 912. The number of amides is 2. The number of fused-ring (bicyclic) bond motifs is 1. The van der Waals surface area contributed by atoms with Crippen molar-refractivity contribution in [3.63, 3.8) is 0 Å². The topological polar surface area (TPSA) is 65.1 Å². The molecule has 2 aliphatic heterocycles. The molecule has 0 radical (unpaired) electrons. The summed E-state index contributed by atoms with van der Waals surface area (Å²) in [6.07, 6.45) is 0.0338. The largest absolute Gasteiger partial charge is 0.478 e. The summed E-state index contributed by atoms with van der Waals surface area (Å²) in [7, 11) is 0. The van der Waals surface area contributed by atoms with Crippen molar-refractivity contribution in [3.05, 3.63) is 60.2 Å². The number of ether oxygens (including phenoxy) is 1. The Kier molecular flexibility index (Phi) is 7.39. The van der Waals surface area contributed by atoms with E-state index in [0.29, 0.717) is 24.4 Å². The van der Waals surface area contributed by atoms with Crippen molar-refractivity contribution in [2.75, 3.05) is 50.7 Å². The Labute approximate surface area is 189 Å². The first-order valence-corrected chi connectivity index (χ1v) is 11.5. The van der Waals surface area contributed by atoms with Crippen LogP contribution in [0, 0.1) is 0 Å². The van der Waals surface area contributed by atoms with Crippen molar-refractivity contribution < 1.29 is 14.3 Å². The Morgan fingerprint density at radius 1 is 1.00 bits per heavy atom. The van der Waals surface area contributed by atoms with Crippen molar-refractivity contribution in [1.29, 1.82) is 0 Å². The lowest BCUT2D eigenvalue weighted by Crippen LogP contribution is -2.51. The monoisotopic (exact) mass is 436 g/mol. The fourth-order valence-corrected chi connectivity index (χ4v) is 4.26. The average molecular weight is 437 g/mol. The quantitative estimate of drug-likeness (QED) is 0.687. The van der Waals surface area contributed by atoms with Crippen LogP contribution in [0.4, 0.5) is 5.69 Å². The number of hydrogen-bond acceptors (Lipinski definition) is 5. The van der Waals surface area contributed by atoms with Crippen molar-refractivity contribution in [2.24, 2.45) is 0 Å². The zero-order chi connectivity index (χ0) is 22.3. The summed E-state index contributed by atoms with van der Waals surface area (Å²) in [4.78, 5) is 31.7. The maximum absolute atomic E-state index is 12.7. The van der Waals surface area contributed by atoms with Crippen molar-refractivity contribution in [3.8, 4) is 5.75 Å². The first kappa shape index (κ1) is 22.3. The summed E-state index contributed by atoms with van der Waals surface area (Å²) in [5, 5.41) is 2.98. The van der Waals surface area contributed by atoms with Crippen molar-refractivity contribution >= 4 is 17.5 Å². The Morgan fingerprint density at radius 3 is 2.44 bits per heavy atom. The van der Waals surface area contributed by atoms with Gasteiger partial charge in [0.2, 0.25) is 5.91 Å². The molecule has 1 fully saturated rings. The molecule has 1 atom stereocenters. The van der Waals surface area contributed by atoms with E-state index in [-0.39, 0.29) is 18.4 Å². The summed E-state index contributed by atoms with van der Waals surface area (Å²) in [6.45, 7) is 8.35. The number of carbonyl (C=O) groups excluding carboxylic acids is 2. The molecule has 1 N–H and O–H groups in total. The van der Waals surface area contributed by atoms with Crippen LogP contribution >= 0.6 is 0 Å². The molecular weight excluding hydrogens is 404 g/mol. The van der Waals surface area contributed by atoms with Crippen LogP contribution < -0.4 is 15.0 Å². The van der Waals surface area contributed by atoms with Crippen LogP contribution in [-0.2, 0) is 16.1 Å². The van der Waals surface area contributed by atoms with Gasteiger partial charge in [-0.05, 0) is 24.1 Å². The van der Waals surface area contributed by atoms with Crippen LogP contribution in [0.3, 0.4) is 0 Å². The molecule has 2 amide bonds. The van der Waals surface area contributed by atoms with Gasteiger partial charge in [0.05, 0.1) is 5.69 Å². The zero-order valence-electron chi connectivity index (χ0n) is 18.7. The molecule has 0 saturated carbocycles. The minimum atomic E-state index is -0.537. The number of carbonyl (C=O) groups is 2. The van der Waals surface area contributed by atoms with Gasteiger partial charge in [0, 0.05) is 45.8 Å². The van der Waals surface area contributed by atoms with Gasteiger partial charge in [-0.3, -0.25) is 24.3 Å². The highest BCUT2D eigenvalue weighted by atomic mass is 16.5. The van der Waals surface area contributed by atoms with Gasteiger partial charge in [-0.1, -0.05) is 49.4 Å². The van der Waals surface area contributed by atoms with Crippen molar-refractivity contribution in [2.45, 2.75) is 26.0 Å². The Balaban J connectivity index is 1.21. The first-order valence-electron chi connectivity index (χ1n) is 11.5. The van der Waals surface area contributed by atoms with Gasteiger partial charge in [-0.2, -0.15) is 0 Å². The number of nitrogens with one attached hydrogen (secondary N) is 1. The summed E-state index contributed by atoms with van der Waals surface area (Å²) < 4.78 is 5.78. The van der Waals surface area contributed by atoms with Crippen LogP contribution in [0.15, 0.2) is 54.6 Å². The second kappa shape index (κ2) is 10.6. The van der Waals surface area contributed by atoms with E-state index >= 15 is 0 Å². The lowest BCUT2D eigenvalue weighted by atomic mass is 10.1.